The third-order valence-corrected chi connectivity index (χ3v) is 6.80. The third kappa shape index (κ3) is 5.01. The Morgan fingerprint density at radius 2 is 1.57 bits per heavy atom. The van der Waals surface area contributed by atoms with Crippen LogP contribution < -0.4 is 5.32 Å². The van der Waals surface area contributed by atoms with Crippen LogP contribution in [0.15, 0.2) is 77.8 Å². The normalized spacial score (nSPS) is 17.8. The topological polar surface area (TPSA) is 91.3 Å². The number of benzene rings is 3. The van der Waals surface area contributed by atoms with E-state index in [1.165, 1.54) is 7.11 Å². The van der Waals surface area contributed by atoms with Gasteiger partial charge in [0.1, 0.15) is 5.92 Å². The van der Waals surface area contributed by atoms with Crippen molar-refractivity contribution in [3.63, 3.8) is 0 Å². The standard InChI is InChI=1S/C29H28N4O4/c1-32-14-16-33(17-15-32)28(35)20-8-11-22(12-9-20)30-26(19-6-4-3-5-7-19)25-23-13-10-21(29(36)37-2)18-24(23)31-27(25)34/h3-13,18,25H,14-17H2,1-2H3,(H,31,34). The van der Waals surface area contributed by atoms with Crippen LogP contribution in [-0.2, 0) is 9.53 Å². The summed E-state index contributed by atoms with van der Waals surface area (Å²) in [4.78, 5) is 47.0. The van der Waals surface area contributed by atoms with E-state index < -0.39 is 11.9 Å². The number of carbonyl (C=O) groups is 3. The number of likely N-dealkylation sites (N-methyl/N-ethyl adjacent to an activating group) is 1. The minimum Gasteiger partial charge on any atom is -0.465 e. The van der Waals surface area contributed by atoms with Crippen LogP contribution in [0.25, 0.3) is 0 Å². The van der Waals surface area contributed by atoms with Crippen LogP contribution in [0, 0.1) is 0 Å². The van der Waals surface area contributed by atoms with Crippen molar-refractivity contribution in [2.75, 3.05) is 45.7 Å². The summed E-state index contributed by atoms with van der Waals surface area (Å²) in [7, 11) is 3.38. The highest BCUT2D eigenvalue weighted by atomic mass is 16.5. The largest absolute Gasteiger partial charge is 0.465 e. The highest BCUT2D eigenvalue weighted by Gasteiger charge is 2.36. The number of fused-ring (bicyclic) bond motifs is 1. The number of esters is 1. The molecule has 1 saturated heterocycles. The molecule has 0 aliphatic carbocycles. The predicted octanol–water partition coefficient (Wildman–Crippen LogP) is 3.72. The molecular formula is C29H28N4O4. The number of aliphatic imine (C=N–C) groups is 1. The molecule has 1 unspecified atom stereocenters. The molecule has 2 aliphatic rings. The maximum Gasteiger partial charge on any atom is 0.337 e. The van der Waals surface area contributed by atoms with Crippen LogP contribution in [0.3, 0.4) is 0 Å². The lowest BCUT2D eigenvalue weighted by atomic mass is 9.90. The minimum atomic E-state index is -0.657. The lowest BCUT2D eigenvalue weighted by Crippen LogP contribution is -2.47. The first-order valence-corrected chi connectivity index (χ1v) is 12.2. The second kappa shape index (κ2) is 10.4. The van der Waals surface area contributed by atoms with Crippen molar-refractivity contribution in [2.24, 2.45) is 4.99 Å². The summed E-state index contributed by atoms with van der Waals surface area (Å²) in [6, 6.07) is 21.8. The summed E-state index contributed by atoms with van der Waals surface area (Å²) in [6.07, 6.45) is 0. The lowest BCUT2D eigenvalue weighted by molar-refractivity contribution is -0.115. The Morgan fingerprint density at radius 3 is 2.24 bits per heavy atom. The number of carbonyl (C=O) groups excluding carboxylic acids is 3. The van der Waals surface area contributed by atoms with Gasteiger partial charge in [0.25, 0.3) is 5.91 Å². The molecule has 3 aromatic rings. The molecule has 37 heavy (non-hydrogen) atoms. The minimum absolute atomic E-state index is 0.0115. The number of piperazine rings is 1. The monoisotopic (exact) mass is 496 g/mol. The average molecular weight is 497 g/mol. The van der Waals surface area contributed by atoms with Gasteiger partial charge in [0.2, 0.25) is 5.91 Å². The fourth-order valence-corrected chi connectivity index (χ4v) is 4.69. The lowest BCUT2D eigenvalue weighted by Gasteiger charge is -2.32. The van der Waals surface area contributed by atoms with Crippen molar-refractivity contribution in [3.05, 3.63) is 95.1 Å². The molecule has 0 saturated carbocycles. The average Bonchev–Trinajstić information content (AvgIpc) is 3.26. The Labute approximate surface area is 215 Å². The van der Waals surface area contributed by atoms with E-state index in [0.29, 0.717) is 41.3 Å². The Kier molecular flexibility index (Phi) is 6.83. The third-order valence-electron chi connectivity index (χ3n) is 6.80. The van der Waals surface area contributed by atoms with Crippen molar-refractivity contribution in [3.8, 4) is 0 Å². The van der Waals surface area contributed by atoms with Crippen molar-refractivity contribution >= 4 is 34.9 Å². The van der Waals surface area contributed by atoms with Gasteiger partial charge in [0, 0.05) is 37.4 Å². The maximum atomic E-state index is 13.2. The molecule has 2 amide bonds. The van der Waals surface area contributed by atoms with Gasteiger partial charge >= 0.3 is 5.97 Å². The van der Waals surface area contributed by atoms with E-state index in [1.54, 1.807) is 42.5 Å². The Morgan fingerprint density at radius 1 is 0.892 bits per heavy atom. The first-order chi connectivity index (χ1) is 17.9. The number of rotatable bonds is 5. The van der Waals surface area contributed by atoms with Crippen LogP contribution in [-0.4, -0.2) is 73.6 Å². The maximum absolute atomic E-state index is 13.2. The van der Waals surface area contributed by atoms with Gasteiger partial charge in [0.05, 0.1) is 24.1 Å². The molecule has 8 nitrogen and oxygen atoms in total. The van der Waals surface area contributed by atoms with Crippen molar-refractivity contribution < 1.29 is 19.1 Å². The first kappa shape index (κ1) is 24.4. The van der Waals surface area contributed by atoms with Gasteiger partial charge in [-0.3, -0.25) is 14.6 Å². The van der Waals surface area contributed by atoms with E-state index >= 15 is 0 Å². The Bertz CT molecular complexity index is 1360. The van der Waals surface area contributed by atoms with Crippen molar-refractivity contribution in [2.45, 2.75) is 5.92 Å². The molecule has 2 heterocycles. The van der Waals surface area contributed by atoms with Gasteiger partial charge < -0.3 is 19.9 Å². The number of amides is 2. The number of ether oxygens (including phenoxy) is 1. The quantitative estimate of drug-likeness (QED) is 0.430. The Balaban J connectivity index is 1.48. The summed E-state index contributed by atoms with van der Waals surface area (Å²) in [5.41, 5.74) is 4.31. The van der Waals surface area contributed by atoms with Gasteiger partial charge in [-0.1, -0.05) is 36.4 Å². The molecule has 1 atom stereocenters. The number of hydrogen-bond donors (Lipinski definition) is 1. The molecule has 0 aromatic heterocycles. The molecule has 3 aromatic carbocycles. The van der Waals surface area contributed by atoms with Crippen LogP contribution >= 0.6 is 0 Å². The molecule has 188 valence electrons. The molecule has 1 N–H and O–H groups in total. The molecule has 0 radical (unpaired) electrons. The van der Waals surface area contributed by atoms with E-state index in [9.17, 15) is 14.4 Å². The zero-order valence-corrected chi connectivity index (χ0v) is 20.8. The van der Waals surface area contributed by atoms with Crippen molar-refractivity contribution in [1.82, 2.24) is 9.80 Å². The first-order valence-electron chi connectivity index (χ1n) is 12.2. The molecule has 8 heteroatoms. The van der Waals surface area contributed by atoms with Gasteiger partial charge in [0.15, 0.2) is 0 Å². The van der Waals surface area contributed by atoms with E-state index in [0.717, 1.165) is 24.2 Å². The number of nitrogens with one attached hydrogen (secondary N) is 1. The molecule has 5 rings (SSSR count). The summed E-state index contributed by atoms with van der Waals surface area (Å²) < 4.78 is 4.81. The highest BCUT2D eigenvalue weighted by Crippen LogP contribution is 2.37. The van der Waals surface area contributed by atoms with E-state index in [2.05, 4.69) is 17.3 Å². The van der Waals surface area contributed by atoms with E-state index in [4.69, 9.17) is 9.73 Å². The highest BCUT2D eigenvalue weighted by molar-refractivity contribution is 6.24. The fourth-order valence-electron chi connectivity index (χ4n) is 4.69. The van der Waals surface area contributed by atoms with Gasteiger partial charge in [-0.25, -0.2) is 4.79 Å². The molecule has 1 fully saturated rings. The second-order valence-electron chi connectivity index (χ2n) is 9.22. The Hall–Kier alpha value is -4.30. The zero-order chi connectivity index (χ0) is 25.9. The number of nitrogens with zero attached hydrogens (tertiary/aromatic N) is 3. The van der Waals surface area contributed by atoms with Crippen LogP contribution in [0.4, 0.5) is 11.4 Å². The van der Waals surface area contributed by atoms with Gasteiger partial charge in [-0.15, -0.1) is 0 Å². The molecule has 0 spiro atoms. The second-order valence-corrected chi connectivity index (χ2v) is 9.22. The SMILES string of the molecule is COC(=O)c1ccc2c(c1)NC(=O)C2C(=Nc1ccc(C(=O)N2CCN(C)CC2)cc1)c1ccccc1. The summed E-state index contributed by atoms with van der Waals surface area (Å²) in [6.45, 7) is 3.14. The van der Waals surface area contributed by atoms with Crippen molar-refractivity contribution in [1.29, 1.82) is 0 Å². The van der Waals surface area contributed by atoms with Crippen LogP contribution in [0.1, 0.15) is 37.8 Å². The van der Waals surface area contributed by atoms with E-state index in [-0.39, 0.29) is 11.8 Å². The van der Waals surface area contributed by atoms with Gasteiger partial charge in [-0.05, 0) is 54.6 Å². The summed E-state index contributed by atoms with van der Waals surface area (Å²) >= 11 is 0. The predicted molar refractivity (Wildman–Crippen MR) is 142 cm³/mol. The summed E-state index contributed by atoms with van der Waals surface area (Å²) in [5.74, 6) is -1.33. The van der Waals surface area contributed by atoms with E-state index in [1.807, 2.05) is 35.2 Å². The molecule has 0 bridgehead atoms. The smallest absolute Gasteiger partial charge is 0.337 e. The molecular weight excluding hydrogens is 468 g/mol. The number of hydrogen-bond acceptors (Lipinski definition) is 6. The molecule has 2 aliphatic heterocycles. The van der Waals surface area contributed by atoms with Gasteiger partial charge in [-0.2, -0.15) is 0 Å². The van der Waals surface area contributed by atoms with Crippen LogP contribution in [0.5, 0.6) is 0 Å². The fraction of sp³-hybridized carbons (Fsp3) is 0.241. The number of anilines is 1. The summed E-state index contributed by atoms with van der Waals surface area (Å²) in [5, 5.41) is 2.89. The number of methoxy groups -OCH3 is 1. The zero-order valence-electron chi connectivity index (χ0n) is 20.8. The van der Waals surface area contributed by atoms with Crippen LogP contribution in [0.2, 0.25) is 0 Å².